The van der Waals surface area contributed by atoms with Crippen LogP contribution in [0.4, 0.5) is 0 Å². The van der Waals surface area contributed by atoms with E-state index in [-0.39, 0.29) is 0 Å². The van der Waals surface area contributed by atoms with E-state index in [1.165, 1.54) is 18.4 Å². The molecule has 0 saturated heterocycles. The van der Waals surface area contributed by atoms with Gasteiger partial charge in [0.2, 0.25) is 0 Å². The summed E-state index contributed by atoms with van der Waals surface area (Å²) < 4.78 is 1.88. The average Bonchev–Trinajstić information content (AvgIpc) is 3.04. The fourth-order valence-corrected chi connectivity index (χ4v) is 2.12. The lowest BCUT2D eigenvalue weighted by Crippen LogP contribution is -2.21. The van der Waals surface area contributed by atoms with E-state index in [1.807, 2.05) is 23.9 Å². The third-order valence-corrected chi connectivity index (χ3v) is 3.40. The molecule has 86 valence electrons. The summed E-state index contributed by atoms with van der Waals surface area (Å²) in [7, 11) is 1.91. The van der Waals surface area contributed by atoms with Crippen LogP contribution in [0.3, 0.4) is 0 Å². The van der Waals surface area contributed by atoms with Crippen LogP contribution >= 0.6 is 0 Å². The van der Waals surface area contributed by atoms with Crippen molar-refractivity contribution < 1.29 is 0 Å². The molecule has 1 aromatic heterocycles. The van der Waals surface area contributed by atoms with Gasteiger partial charge in [-0.2, -0.15) is 5.26 Å². The van der Waals surface area contributed by atoms with Crippen molar-refractivity contribution in [3.05, 3.63) is 23.5 Å². The number of aryl methyl sites for hydroxylation is 1. The quantitative estimate of drug-likeness (QED) is 0.820. The van der Waals surface area contributed by atoms with Crippen molar-refractivity contribution in [1.82, 2.24) is 9.88 Å². The van der Waals surface area contributed by atoms with Crippen LogP contribution in [0.15, 0.2) is 12.3 Å². The van der Waals surface area contributed by atoms with E-state index >= 15 is 0 Å². The Morgan fingerprint density at radius 1 is 1.62 bits per heavy atom. The van der Waals surface area contributed by atoms with Crippen molar-refractivity contribution in [1.29, 1.82) is 5.26 Å². The van der Waals surface area contributed by atoms with Gasteiger partial charge in [-0.1, -0.05) is 6.92 Å². The second kappa shape index (κ2) is 4.71. The summed E-state index contributed by atoms with van der Waals surface area (Å²) in [5.41, 5.74) is 1.93. The molecule has 1 saturated carbocycles. The van der Waals surface area contributed by atoms with E-state index in [0.29, 0.717) is 0 Å². The highest BCUT2D eigenvalue weighted by Gasteiger charge is 2.27. The molecule has 16 heavy (non-hydrogen) atoms. The molecule has 1 fully saturated rings. The predicted octanol–water partition coefficient (Wildman–Crippen LogP) is 2.03. The molecule has 2 rings (SSSR count). The van der Waals surface area contributed by atoms with Gasteiger partial charge in [0, 0.05) is 19.8 Å². The van der Waals surface area contributed by atoms with E-state index in [4.69, 9.17) is 5.26 Å². The summed E-state index contributed by atoms with van der Waals surface area (Å²) in [5.74, 6) is 1.75. The van der Waals surface area contributed by atoms with Gasteiger partial charge in [-0.05, 0) is 42.9 Å². The van der Waals surface area contributed by atoms with Gasteiger partial charge >= 0.3 is 0 Å². The van der Waals surface area contributed by atoms with Crippen molar-refractivity contribution >= 4 is 0 Å². The fourth-order valence-electron chi connectivity index (χ4n) is 2.12. The van der Waals surface area contributed by atoms with Gasteiger partial charge in [0.1, 0.15) is 11.8 Å². The molecular formula is C13H19N3. The Morgan fingerprint density at radius 2 is 2.38 bits per heavy atom. The van der Waals surface area contributed by atoms with Gasteiger partial charge < -0.3 is 9.88 Å². The van der Waals surface area contributed by atoms with Crippen LogP contribution in [0, 0.1) is 23.2 Å². The van der Waals surface area contributed by atoms with Gasteiger partial charge in [0.05, 0.1) is 0 Å². The smallest absolute Gasteiger partial charge is 0.120 e. The van der Waals surface area contributed by atoms with Gasteiger partial charge in [-0.25, -0.2) is 0 Å². The first-order valence-corrected chi connectivity index (χ1v) is 5.96. The summed E-state index contributed by atoms with van der Waals surface area (Å²) in [4.78, 5) is 0. The van der Waals surface area contributed by atoms with Gasteiger partial charge in [0.15, 0.2) is 0 Å². The zero-order valence-corrected chi connectivity index (χ0v) is 10.0. The number of nitrogens with zero attached hydrogens (tertiary/aromatic N) is 2. The third kappa shape index (κ3) is 2.65. The molecule has 0 radical (unpaired) electrons. The molecular weight excluding hydrogens is 198 g/mol. The number of hydrogen-bond acceptors (Lipinski definition) is 2. The monoisotopic (exact) mass is 217 g/mol. The summed E-state index contributed by atoms with van der Waals surface area (Å²) >= 11 is 0. The van der Waals surface area contributed by atoms with E-state index in [2.05, 4.69) is 18.3 Å². The van der Waals surface area contributed by atoms with Crippen LogP contribution < -0.4 is 5.32 Å². The first-order valence-electron chi connectivity index (χ1n) is 5.96. The van der Waals surface area contributed by atoms with Gasteiger partial charge in [-0.3, -0.25) is 0 Å². The SMILES string of the molecule is CC(CNCc1cc(C#N)n(C)c1)C1CC1. The zero-order chi connectivity index (χ0) is 11.5. The lowest BCUT2D eigenvalue weighted by atomic mass is 10.1. The molecule has 1 aliphatic rings. The maximum atomic E-state index is 8.84. The third-order valence-electron chi connectivity index (χ3n) is 3.40. The predicted molar refractivity (Wildman–Crippen MR) is 63.7 cm³/mol. The zero-order valence-electron chi connectivity index (χ0n) is 10.0. The minimum Gasteiger partial charge on any atom is -0.342 e. The van der Waals surface area contributed by atoms with Crippen LogP contribution in [-0.2, 0) is 13.6 Å². The summed E-state index contributed by atoms with van der Waals surface area (Å²) in [6.07, 6.45) is 4.84. The Hall–Kier alpha value is -1.27. The maximum Gasteiger partial charge on any atom is 0.120 e. The molecule has 0 aliphatic heterocycles. The van der Waals surface area contributed by atoms with Crippen LogP contribution in [0.1, 0.15) is 31.0 Å². The first kappa shape index (κ1) is 11.2. The molecule has 0 bridgehead atoms. The normalized spacial score (nSPS) is 17.1. The van der Waals surface area contributed by atoms with E-state index in [1.54, 1.807) is 0 Å². The Bertz CT molecular complexity index is 396. The molecule has 1 N–H and O–H groups in total. The molecule has 0 spiro atoms. The van der Waals surface area contributed by atoms with Crippen LogP contribution in [0.2, 0.25) is 0 Å². The van der Waals surface area contributed by atoms with Crippen LogP contribution in [0.5, 0.6) is 0 Å². The Labute approximate surface area is 97.1 Å². The van der Waals surface area contributed by atoms with E-state index in [9.17, 15) is 0 Å². The molecule has 0 aromatic carbocycles. The number of aromatic nitrogens is 1. The number of nitrogens with one attached hydrogen (secondary N) is 1. The number of hydrogen-bond donors (Lipinski definition) is 1. The van der Waals surface area contributed by atoms with Crippen molar-refractivity contribution in [2.24, 2.45) is 18.9 Å². The summed E-state index contributed by atoms with van der Waals surface area (Å²) in [6.45, 7) is 4.27. The molecule has 3 nitrogen and oxygen atoms in total. The molecule has 3 heteroatoms. The van der Waals surface area contributed by atoms with Crippen molar-refractivity contribution in [3.63, 3.8) is 0 Å². The maximum absolute atomic E-state index is 8.84. The van der Waals surface area contributed by atoms with Crippen molar-refractivity contribution in [3.8, 4) is 6.07 Å². The highest BCUT2D eigenvalue weighted by molar-refractivity contribution is 5.28. The minimum absolute atomic E-state index is 0.729. The van der Waals surface area contributed by atoms with Crippen molar-refractivity contribution in [2.45, 2.75) is 26.3 Å². The second-order valence-electron chi connectivity index (χ2n) is 4.90. The minimum atomic E-state index is 0.729. The Balaban J connectivity index is 1.78. The molecule has 1 heterocycles. The number of nitriles is 1. The van der Waals surface area contributed by atoms with Gasteiger partial charge in [-0.15, -0.1) is 0 Å². The Kier molecular flexibility index (Phi) is 3.31. The highest BCUT2D eigenvalue weighted by atomic mass is 14.9. The Morgan fingerprint density at radius 3 is 2.94 bits per heavy atom. The molecule has 1 aromatic rings. The summed E-state index contributed by atoms with van der Waals surface area (Å²) in [5, 5.41) is 12.3. The average molecular weight is 217 g/mol. The van der Waals surface area contributed by atoms with E-state index in [0.717, 1.165) is 30.6 Å². The number of rotatable bonds is 5. The largest absolute Gasteiger partial charge is 0.342 e. The standard InChI is InChI=1S/C13H19N3/c1-10(12-3-4-12)7-15-8-11-5-13(6-14)16(2)9-11/h5,9-10,12,15H,3-4,7-8H2,1-2H3. The first-order chi connectivity index (χ1) is 7.70. The molecule has 1 unspecified atom stereocenters. The molecule has 0 amide bonds. The fraction of sp³-hybridized carbons (Fsp3) is 0.615. The lowest BCUT2D eigenvalue weighted by Gasteiger charge is -2.10. The summed E-state index contributed by atoms with van der Waals surface area (Å²) in [6, 6.07) is 4.13. The lowest BCUT2D eigenvalue weighted by molar-refractivity contribution is 0.461. The van der Waals surface area contributed by atoms with Crippen molar-refractivity contribution in [2.75, 3.05) is 6.54 Å². The molecule has 1 atom stereocenters. The molecule has 1 aliphatic carbocycles. The second-order valence-corrected chi connectivity index (χ2v) is 4.90. The van der Waals surface area contributed by atoms with Crippen LogP contribution in [0.25, 0.3) is 0 Å². The van der Waals surface area contributed by atoms with Crippen LogP contribution in [-0.4, -0.2) is 11.1 Å². The van der Waals surface area contributed by atoms with E-state index < -0.39 is 0 Å². The topological polar surface area (TPSA) is 40.8 Å². The van der Waals surface area contributed by atoms with Gasteiger partial charge in [0.25, 0.3) is 0 Å². The highest BCUT2D eigenvalue weighted by Crippen LogP contribution is 2.36.